The van der Waals surface area contributed by atoms with E-state index in [0.717, 1.165) is 19.4 Å². The van der Waals surface area contributed by atoms with Crippen molar-refractivity contribution in [2.75, 3.05) is 33.4 Å². The highest BCUT2D eigenvalue weighted by molar-refractivity contribution is 7.89. The lowest BCUT2D eigenvalue weighted by Gasteiger charge is -2.45. The monoisotopic (exact) mass is 361 g/mol. The highest BCUT2D eigenvalue weighted by Gasteiger charge is 2.40. The summed E-state index contributed by atoms with van der Waals surface area (Å²) >= 11 is 0. The van der Waals surface area contributed by atoms with E-state index in [2.05, 4.69) is 48.0 Å². The molecule has 1 aliphatic heterocycles. The van der Waals surface area contributed by atoms with Crippen LogP contribution in [-0.4, -0.2) is 61.7 Å². The first-order valence-electron chi connectivity index (χ1n) is 8.95. The van der Waals surface area contributed by atoms with Gasteiger partial charge in [0, 0.05) is 56.7 Å². The Labute approximate surface area is 150 Å². The highest BCUT2D eigenvalue weighted by Crippen LogP contribution is 2.44. The fraction of sp³-hybridized carbons (Fsp3) is 0.579. The van der Waals surface area contributed by atoms with Crippen molar-refractivity contribution in [3.63, 3.8) is 0 Å². The van der Waals surface area contributed by atoms with Gasteiger partial charge < -0.3 is 9.47 Å². The van der Waals surface area contributed by atoms with E-state index >= 15 is 0 Å². The van der Waals surface area contributed by atoms with Crippen LogP contribution in [0.3, 0.4) is 0 Å². The van der Waals surface area contributed by atoms with Crippen molar-refractivity contribution in [1.29, 1.82) is 0 Å². The SMILES string of the molecule is CN1C[C@@H](CS(=O)(=O)N(C)C)C[C@@H]2c3cccc4c3c(cn4C)C[C@H]21. The maximum absolute atomic E-state index is 12.4. The summed E-state index contributed by atoms with van der Waals surface area (Å²) in [5.74, 6) is 0.837. The van der Waals surface area contributed by atoms with E-state index < -0.39 is 10.0 Å². The molecule has 1 aromatic carbocycles. The second kappa shape index (κ2) is 5.83. The summed E-state index contributed by atoms with van der Waals surface area (Å²) in [6.45, 7) is 0.854. The number of hydrogen-bond acceptors (Lipinski definition) is 3. The normalized spacial score (nSPS) is 27.0. The van der Waals surface area contributed by atoms with Crippen molar-refractivity contribution in [2.45, 2.75) is 24.8 Å². The molecule has 6 heteroatoms. The Morgan fingerprint density at radius 1 is 1.24 bits per heavy atom. The van der Waals surface area contributed by atoms with Gasteiger partial charge in [0.2, 0.25) is 10.0 Å². The predicted octanol–water partition coefficient (Wildman–Crippen LogP) is 2.03. The molecule has 2 heterocycles. The number of sulfonamides is 1. The van der Waals surface area contributed by atoms with E-state index in [-0.39, 0.29) is 11.7 Å². The minimum Gasteiger partial charge on any atom is -0.350 e. The van der Waals surface area contributed by atoms with Gasteiger partial charge in [0.15, 0.2) is 0 Å². The number of rotatable bonds is 3. The van der Waals surface area contributed by atoms with Crippen molar-refractivity contribution in [3.05, 3.63) is 35.5 Å². The lowest BCUT2D eigenvalue weighted by Crippen LogP contribution is -2.49. The van der Waals surface area contributed by atoms with Crippen LogP contribution in [-0.2, 0) is 23.5 Å². The molecule has 0 amide bonds. The molecule has 0 spiro atoms. The molecule has 2 aliphatic rings. The third kappa shape index (κ3) is 2.71. The third-order valence-electron chi connectivity index (χ3n) is 6.12. The zero-order valence-corrected chi connectivity index (χ0v) is 16.3. The Kier molecular flexibility index (Phi) is 3.98. The Morgan fingerprint density at radius 2 is 2.00 bits per heavy atom. The number of piperidine rings is 1. The molecule has 4 rings (SSSR count). The topological polar surface area (TPSA) is 45.6 Å². The van der Waals surface area contributed by atoms with Gasteiger partial charge in [0.05, 0.1) is 5.75 Å². The quantitative estimate of drug-likeness (QED) is 0.840. The van der Waals surface area contributed by atoms with Crippen LogP contribution in [0.5, 0.6) is 0 Å². The molecule has 1 aliphatic carbocycles. The molecule has 0 N–H and O–H groups in total. The number of aryl methyl sites for hydroxylation is 1. The van der Waals surface area contributed by atoms with E-state index in [1.807, 2.05) is 0 Å². The van der Waals surface area contributed by atoms with Gasteiger partial charge in [-0.25, -0.2) is 12.7 Å². The number of aromatic nitrogens is 1. The second-order valence-electron chi connectivity index (χ2n) is 7.99. The van der Waals surface area contributed by atoms with Gasteiger partial charge in [-0.1, -0.05) is 12.1 Å². The van der Waals surface area contributed by atoms with Crippen LogP contribution < -0.4 is 0 Å². The molecule has 0 unspecified atom stereocenters. The van der Waals surface area contributed by atoms with Gasteiger partial charge in [0.25, 0.3) is 0 Å². The summed E-state index contributed by atoms with van der Waals surface area (Å²) in [5.41, 5.74) is 4.13. The average Bonchev–Trinajstić information content (AvgIpc) is 2.86. The summed E-state index contributed by atoms with van der Waals surface area (Å²) in [5, 5.41) is 1.40. The number of benzene rings is 1. The van der Waals surface area contributed by atoms with Crippen molar-refractivity contribution in [2.24, 2.45) is 13.0 Å². The molecule has 0 saturated carbocycles. The van der Waals surface area contributed by atoms with Gasteiger partial charge in [0.1, 0.15) is 0 Å². The smallest absolute Gasteiger partial charge is 0.213 e. The number of likely N-dealkylation sites (N-methyl/N-ethyl adjacent to an activating group) is 1. The molecule has 1 saturated heterocycles. The summed E-state index contributed by atoms with van der Waals surface area (Å²) in [4.78, 5) is 2.39. The molecule has 1 aromatic heterocycles. The molecule has 0 radical (unpaired) electrons. The predicted molar refractivity (Wildman–Crippen MR) is 101 cm³/mol. The fourth-order valence-corrected chi connectivity index (χ4v) is 6.03. The van der Waals surface area contributed by atoms with Crippen molar-refractivity contribution >= 4 is 20.9 Å². The Balaban J connectivity index is 1.71. The Morgan fingerprint density at radius 3 is 2.72 bits per heavy atom. The largest absolute Gasteiger partial charge is 0.350 e. The molecule has 3 atom stereocenters. The van der Waals surface area contributed by atoms with Crippen molar-refractivity contribution in [3.8, 4) is 0 Å². The minimum absolute atomic E-state index is 0.180. The molecule has 2 aromatic rings. The molecule has 25 heavy (non-hydrogen) atoms. The van der Waals surface area contributed by atoms with E-state index in [9.17, 15) is 8.42 Å². The van der Waals surface area contributed by atoms with Gasteiger partial charge in [-0.2, -0.15) is 0 Å². The van der Waals surface area contributed by atoms with Gasteiger partial charge in [-0.05, 0) is 43.0 Å². The van der Waals surface area contributed by atoms with Crippen LogP contribution >= 0.6 is 0 Å². The number of nitrogens with zero attached hydrogens (tertiary/aromatic N) is 3. The standard InChI is InChI=1S/C19H27N3O2S/c1-20(2)25(23,24)12-13-8-16-15-6-5-7-17-19(15)14(11-22(17)4)9-18(16)21(3)10-13/h5-7,11,13,16,18H,8-10,12H2,1-4H3/t13-,16+,18+/m0/s1. The van der Waals surface area contributed by atoms with Crippen molar-refractivity contribution in [1.82, 2.24) is 13.8 Å². The van der Waals surface area contributed by atoms with Gasteiger partial charge >= 0.3 is 0 Å². The number of likely N-dealkylation sites (tertiary alicyclic amines) is 1. The maximum Gasteiger partial charge on any atom is 0.213 e. The van der Waals surface area contributed by atoms with Gasteiger partial charge in [-0.3, -0.25) is 0 Å². The maximum atomic E-state index is 12.4. The van der Waals surface area contributed by atoms with Crippen LogP contribution in [0, 0.1) is 5.92 Å². The first-order valence-corrected chi connectivity index (χ1v) is 10.6. The van der Waals surface area contributed by atoms with E-state index in [4.69, 9.17) is 0 Å². The molecule has 5 nitrogen and oxygen atoms in total. The second-order valence-corrected chi connectivity index (χ2v) is 10.2. The first-order chi connectivity index (χ1) is 11.8. The zero-order valence-electron chi connectivity index (χ0n) is 15.4. The first kappa shape index (κ1) is 17.1. The summed E-state index contributed by atoms with van der Waals surface area (Å²) in [6, 6.07) is 7.05. The van der Waals surface area contributed by atoms with Crippen LogP contribution in [0.4, 0.5) is 0 Å². The Hall–Kier alpha value is -1.37. The van der Waals surface area contributed by atoms with Crippen LogP contribution in [0.25, 0.3) is 10.9 Å². The number of hydrogen-bond donors (Lipinski definition) is 0. The van der Waals surface area contributed by atoms with Crippen LogP contribution in [0.2, 0.25) is 0 Å². The minimum atomic E-state index is -3.16. The molecule has 136 valence electrons. The molecular weight excluding hydrogens is 334 g/mol. The van der Waals surface area contributed by atoms with Crippen molar-refractivity contribution < 1.29 is 8.42 Å². The summed E-state index contributed by atoms with van der Waals surface area (Å²) in [6.07, 6.45) is 4.28. The zero-order chi connectivity index (χ0) is 17.9. The average molecular weight is 362 g/mol. The van der Waals surface area contributed by atoms with Crippen LogP contribution in [0.15, 0.2) is 24.4 Å². The number of fused-ring (bicyclic) bond motifs is 2. The lowest BCUT2D eigenvalue weighted by atomic mass is 9.73. The van der Waals surface area contributed by atoms with Gasteiger partial charge in [-0.15, -0.1) is 0 Å². The van der Waals surface area contributed by atoms with E-state index in [1.165, 1.54) is 26.3 Å². The molecular formula is C19H27N3O2S. The summed E-state index contributed by atoms with van der Waals surface area (Å²) in [7, 11) is 4.35. The lowest BCUT2D eigenvalue weighted by molar-refractivity contribution is 0.120. The summed E-state index contributed by atoms with van der Waals surface area (Å²) < 4.78 is 28.3. The van der Waals surface area contributed by atoms with E-state index in [1.54, 1.807) is 14.1 Å². The third-order valence-corrected chi connectivity index (χ3v) is 8.13. The highest BCUT2D eigenvalue weighted by atomic mass is 32.2. The molecule has 0 bridgehead atoms. The van der Waals surface area contributed by atoms with Crippen LogP contribution in [0.1, 0.15) is 23.5 Å². The Bertz CT molecular complexity index is 916. The van der Waals surface area contributed by atoms with E-state index in [0.29, 0.717) is 12.0 Å². The fourth-order valence-electron chi connectivity index (χ4n) is 4.90. The molecule has 1 fully saturated rings.